The van der Waals surface area contributed by atoms with Crippen LogP contribution in [0.2, 0.25) is 0 Å². The lowest BCUT2D eigenvalue weighted by Gasteiger charge is -2.04. The molecule has 0 amide bonds. The van der Waals surface area contributed by atoms with Crippen molar-refractivity contribution in [1.82, 2.24) is 0 Å². The van der Waals surface area contributed by atoms with Gasteiger partial charge in [0.1, 0.15) is 0 Å². The summed E-state index contributed by atoms with van der Waals surface area (Å²) in [6.45, 7) is 0. The molecule has 0 saturated carbocycles. The molecule has 0 spiro atoms. The Hall–Kier alpha value is -1.41. The number of aldehydes is 1. The van der Waals surface area contributed by atoms with Gasteiger partial charge in [-0.1, -0.05) is 5.92 Å². The van der Waals surface area contributed by atoms with Gasteiger partial charge in [-0.25, -0.2) is 0 Å². The van der Waals surface area contributed by atoms with Crippen molar-refractivity contribution in [2.75, 3.05) is 0 Å². The zero-order valence-electron chi connectivity index (χ0n) is 7.34. The monoisotopic (exact) mass is 230 g/mol. The second kappa shape index (κ2) is 4.89. The van der Waals surface area contributed by atoms with Crippen LogP contribution in [0.1, 0.15) is 5.56 Å². The molecule has 78 valence electrons. The number of hydrogen-bond donors (Lipinski definition) is 0. The van der Waals surface area contributed by atoms with Gasteiger partial charge >= 0.3 is 5.51 Å². The Bertz CT molecular complexity index is 397. The van der Waals surface area contributed by atoms with Crippen LogP contribution in [0.4, 0.5) is 13.2 Å². The lowest BCUT2D eigenvalue weighted by molar-refractivity contribution is -0.103. The third-order valence-corrected chi connectivity index (χ3v) is 2.10. The minimum Gasteiger partial charge on any atom is -0.289 e. The average Bonchev–Trinajstić information content (AvgIpc) is 2.14. The van der Waals surface area contributed by atoms with E-state index in [-0.39, 0.29) is 16.7 Å². The molecule has 0 saturated heterocycles. The largest absolute Gasteiger partial charge is 0.446 e. The molecule has 0 aliphatic heterocycles. The zero-order chi connectivity index (χ0) is 11.3. The number of carbonyl (C=O) groups excluding carboxylic acids is 1. The SMILES string of the molecule is O=CC#Cc1ccc(SC(F)(F)F)cc1. The maximum absolute atomic E-state index is 11.9. The second-order valence-electron chi connectivity index (χ2n) is 2.46. The van der Waals surface area contributed by atoms with Gasteiger partial charge < -0.3 is 0 Å². The summed E-state index contributed by atoms with van der Waals surface area (Å²) >= 11 is -0.184. The predicted octanol–water partition coefficient (Wildman–Crippen LogP) is 2.85. The van der Waals surface area contributed by atoms with E-state index in [1.54, 1.807) is 0 Å². The van der Waals surface area contributed by atoms with Crippen molar-refractivity contribution in [1.29, 1.82) is 0 Å². The van der Waals surface area contributed by atoms with E-state index >= 15 is 0 Å². The molecule has 5 heteroatoms. The smallest absolute Gasteiger partial charge is 0.289 e. The van der Waals surface area contributed by atoms with Crippen LogP contribution in [-0.2, 0) is 4.79 Å². The summed E-state index contributed by atoms with van der Waals surface area (Å²) in [5.74, 6) is 4.65. The van der Waals surface area contributed by atoms with Crippen molar-refractivity contribution in [3.05, 3.63) is 29.8 Å². The van der Waals surface area contributed by atoms with E-state index in [0.29, 0.717) is 11.8 Å². The van der Waals surface area contributed by atoms with Gasteiger partial charge in [0.15, 0.2) is 6.29 Å². The third-order valence-electron chi connectivity index (χ3n) is 1.36. The molecule has 0 unspecified atom stereocenters. The Morgan fingerprint density at radius 3 is 2.27 bits per heavy atom. The molecule has 0 bridgehead atoms. The van der Waals surface area contributed by atoms with Gasteiger partial charge in [-0.3, -0.25) is 4.79 Å². The van der Waals surface area contributed by atoms with Crippen molar-refractivity contribution in [3.63, 3.8) is 0 Å². The summed E-state index contributed by atoms with van der Waals surface area (Å²) in [6, 6.07) is 5.50. The molecule has 1 aromatic rings. The summed E-state index contributed by atoms with van der Waals surface area (Å²) < 4.78 is 35.8. The normalized spacial score (nSPS) is 10.3. The minimum absolute atomic E-state index is 0.0964. The second-order valence-corrected chi connectivity index (χ2v) is 3.60. The maximum atomic E-state index is 11.9. The summed E-state index contributed by atoms with van der Waals surface area (Å²) in [5.41, 5.74) is -3.77. The molecule has 0 aliphatic rings. The molecule has 15 heavy (non-hydrogen) atoms. The highest BCUT2D eigenvalue weighted by Crippen LogP contribution is 2.36. The van der Waals surface area contributed by atoms with Crippen LogP contribution < -0.4 is 0 Å². The fourth-order valence-electron chi connectivity index (χ4n) is 0.853. The Morgan fingerprint density at radius 1 is 1.20 bits per heavy atom. The first kappa shape index (κ1) is 11.7. The standard InChI is InChI=1S/C10H5F3OS/c11-10(12,13)15-9-5-3-8(4-6-9)2-1-7-14/h3-7H. The molecule has 0 heterocycles. The third kappa shape index (κ3) is 4.56. The van der Waals surface area contributed by atoms with E-state index in [1.165, 1.54) is 24.3 Å². The Morgan fingerprint density at radius 2 is 1.80 bits per heavy atom. The van der Waals surface area contributed by atoms with Gasteiger partial charge in [-0.2, -0.15) is 13.2 Å². The molecule has 1 rings (SSSR count). The lowest BCUT2D eigenvalue weighted by Crippen LogP contribution is -1.98. The maximum Gasteiger partial charge on any atom is 0.446 e. The number of carbonyl (C=O) groups is 1. The van der Waals surface area contributed by atoms with Crippen molar-refractivity contribution in [3.8, 4) is 11.8 Å². The van der Waals surface area contributed by atoms with Crippen molar-refractivity contribution in [2.45, 2.75) is 10.4 Å². The van der Waals surface area contributed by atoms with Gasteiger partial charge in [0.05, 0.1) is 0 Å². The van der Waals surface area contributed by atoms with Crippen molar-refractivity contribution >= 4 is 18.0 Å². The quantitative estimate of drug-likeness (QED) is 0.419. The van der Waals surface area contributed by atoms with E-state index in [0.717, 1.165) is 0 Å². The number of halogens is 3. The highest BCUT2D eigenvalue weighted by molar-refractivity contribution is 8.00. The van der Waals surface area contributed by atoms with Crippen LogP contribution in [0.15, 0.2) is 29.2 Å². The zero-order valence-corrected chi connectivity index (χ0v) is 8.15. The number of hydrogen-bond acceptors (Lipinski definition) is 2. The van der Waals surface area contributed by atoms with E-state index in [2.05, 4.69) is 11.8 Å². The molecule has 0 radical (unpaired) electrons. The highest BCUT2D eigenvalue weighted by Gasteiger charge is 2.28. The van der Waals surface area contributed by atoms with Gasteiger partial charge in [0, 0.05) is 10.5 Å². The average molecular weight is 230 g/mol. The molecule has 1 nitrogen and oxygen atoms in total. The molecule has 0 aliphatic carbocycles. The molecule has 0 atom stereocenters. The number of thioether (sulfide) groups is 1. The van der Waals surface area contributed by atoms with Crippen molar-refractivity contribution in [2.24, 2.45) is 0 Å². The molecule has 0 aromatic heterocycles. The van der Waals surface area contributed by atoms with Crippen LogP contribution in [0.25, 0.3) is 0 Å². The van der Waals surface area contributed by atoms with E-state index in [1.807, 2.05) is 0 Å². The van der Waals surface area contributed by atoms with Crippen LogP contribution in [0.3, 0.4) is 0 Å². The summed E-state index contributed by atoms with van der Waals surface area (Å²) in [6.07, 6.45) is 0.429. The van der Waals surface area contributed by atoms with E-state index in [4.69, 9.17) is 0 Å². The number of alkyl halides is 3. The van der Waals surface area contributed by atoms with E-state index < -0.39 is 5.51 Å². The molecule has 0 fully saturated rings. The summed E-state index contributed by atoms with van der Waals surface area (Å²) in [7, 11) is 0. The van der Waals surface area contributed by atoms with Gasteiger partial charge in [-0.15, -0.1) is 0 Å². The van der Waals surface area contributed by atoms with E-state index in [9.17, 15) is 18.0 Å². The lowest BCUT2D eigenvalue weighted by atomic mass is 10.2. The molecule has 1 aromatic carbocycles. The molecular formula is C10H5F3OS. The fraction of sp³-hybridized carbons (Fsp3) is 0.100. The Balaban J connectivity index is 2.77. The molecular weight excluding hydrogens is 225 g/mol. The molecule has 0 N–H and O–H groups in total. The first-order valence-electron chi connectivity index (χ1n) is 3.82. The van der Waals surface area contributed by atoms with Crippen LogP contribution in [0.5, 0.6) is 0 Å². The number of benzene rings is 1. The Labute approximate surface area is 88.7 Å². The van der Waals surface area contributed by atoms with Crippen molar-refractivity contribution < 1.29 is 18.0 Å². The topological polar surface area (TPSA) is 17.1 Å². The first-order valence-corrected chi connectivity index (χ1v) is 4.64. The number of rotatable bonds is 1. The Kier molecular flexibility index (Phi) is 3.81. The minimum atomic E-state index is -4.28. The van der Waals surface area contributed by atoms with Gasteiger partial charge in [-0.05, 0) is 41.9 Å². The van der Waals surface area contributed by atoms with Crippen LogP contribution >= 0.6 is 11.8 Å². The fourth-order valence-corrected chi connectivity index (χ4v) is 1.39. The first-order chi connectivity index (χ1) is 7.01. The summed E-state index contributed by atoms with van der Waals surface area (Å²) in [4.78, 5) is 10.0. The van der Waals surface area contributed by atoms with Crippen LogP contribution in [0, 0.1) is 11.8 Å². The van der Waals surface area contributed by atoms with Crippen LogP contribution in [-0.4, -0.2) is 11.8 Å². The van der Waals surface area contributed by atoms with Gasteiger partial charge in [0.2, 0.25) is 0 Å². The van der Waals surface area contributed by atoms with Gasteiger partial charge in [0.25, 0.3) is 0 Å². The summed E-state index contributed by atoms with van der Waals surface area (Å²) in [5, 5.41) is 0. The predicted molar refractivity (Wildman–Crippen MR) is 51.3 cm³/mol. The highest BCUT2D eigenvalue weighted by atomic mass is 32.2.